The number of aromatic nitrogens is 3. The van der Waals surface area contributed by atoms with E-state index in [1.807, 2.05) is 18.2 Å². The maximum Gasteiger partial charge on any atom is 0.246 e. The molecule has 2 aromatic heterocycles. The zero-order chi connectivity index (χ0) is 18.9. The third-order valence-electron chi connectivity index (χ3n) is 4.82. The minimum Gasteiger partial charge on any atom is -0.284 e. The van der Waals surface area contributed by atoms with Crippen LogP contribution in [0.25, 0.3) is 11.3 Å². The highest BCUT2D eigenvalue weighted by molar-refractivity contribution is 7.89. The van der Waals surface area contributed by atoms with Crippen LogP contribution >= 0.6 is 0 Å². The number of aromatic amines is 1. The van der Waals surface area contributed by atoms with Gasteiger partial charge >= 0.3 is 0 Å². The third-order valence-corrected chi connectivity index (χ3v) is 6.65. The van der Waals surface area contributed by atoms with Crippen LogP contribution in [0.1, 0.15) is 24.5 Å². The number of nitrogens with one attached hydrogen (secondary N) is 1. The van der Waals surface area contributed by atoms with Gasteiger partial charge in [-0.2, -0.15) is 9.40 Å². The predicted molar refractivity (Wildman–Crippen MR) is 99.0 cm³/mol. The monoisotopic (exact) mass is 386 g/mol. The van der Waals surface area contributed by atoms with Crippen molar-refractivity contribution in [3.05, 3.63) is 66.4 Å². The second-order valence-corrected chi connectivity index (χ2v) is 8.53. The fraction of sp³-hybridized carbons (Fsp3) is 0.263. The lowest BCUT2D eigenvalue weighted by molar-refractivity contribution is 0.313. The number of hydrogen-bond donors (Lipinski definition) is 1. The molecule has 0 bridgehead atoms. The second-order valence-electron chi connectivity index (χ2n) is 6.59. The Labute approximate surface area is 157 Å². The first-order chi connectivity index (χ1) is 13.0. The van der Waals surface area contributed by atoms with Gasteiger partial charge in [-0.05, 0) is 49.2 Å². The normalized spacial score (nSPS) is 18.5. The van der Waals surface area contributed by atoms with Crippen LogP contribution in [0, 0.1) is 5.82 Å². The minimum atomic E-state index is -3.56. The third kappa shape index (κ3) is 3.63. The van der Waals surface area contributed by atoms with Gasteiger partial charge in [0.25, 0.3) is 0 Å². The molecule has 0 radical (unpaired) electrons. The van der Waals surface area contributed by atoms with Crippen molar-refractivity contribution in [3.63, 3.8) is 0 Å². The van der Waals surface area contributed by atoms with Crippen molar-refractivity contribution in [1.82, 2.24) is 19.5 Å². The molecule has 1 atom stereocenters. The van der Waals surface area contributed by atoms with E-state index < -0.39 is 10.0 Å². The lowest BCUT2D eigenvalue weighted by Gasteiger charge is -2.31. The number of piperidine rings is 1. The average Bonchev–Trinajstić information content (AvgIpc) is 3.25. The molecule has 0 unspecified atom stereocenters. The van der Waals surface area contributed by atoms with E-state index in [4.69, 9.17) is 4.98 Å². The summed E-state index contributed by atoms with van der Waals surface area (Å²) in [6.45, 7) is 0.870. The number of pyridine rings is 1. The van der Waals surface area contributed by atoms with Crippen LogP contribution in [0.3, 0.4) is 0 Å². The fourth-order valence-corrected chi connectivity index (χ4v) is 4.82. The number of hydrogen-bond acceptors (Lipinski definition) is 4. The average molecular weight is 386 g/mol. The molecule has 1 aliphatic rings. The van der Waals surface area contributed by atoms with Crippen LogP contribution in [0.15, 0.2) is 59.8 Å². The van der Waals surface area contributed by atoms with Crippen LogP contribution in [0.2, 0.25) is 0 Å². The van der Waals surface area contributed by atoms with E-state index in [9.17, 15) is 12.8 Å². The minimum absolute atomic E-state index is 0.0147. The predicted octanol–water partition coefficient (Wildman–Crippen LogP) is 3.18. The smallest absolute Gasteiger partial charge is 0.246 e. The summed E-state index contributed by atoms with van der Waals surface area (Å²) in [7, 11) is -3.56. The van der Waals surface area contributed by atoms with Gasteiger partial charge in [0.1, 0.15) is 10.7 Å². The molecule has 140 valence electrons. The van der Waals surface area contributed by atoms with Crippen molar-refractivity contribution in [3.8, 4) is 11.3 Å². The Kier molecular flexibility index (Phi) is 4.75. The van der Waals surface area contributed by atoms with Gasteiger partial charge in [0.05, 0.1) is 11.9 Å². The van der Waals surface area contributed by atoms with Crippen molar-refractivity contribution in [2.75, 3.05) is 13.1 Å². The zero-order valence-corrected chi connectivity index (χ0v) is 15.4. The molecule has 1 aromatic carbocycles. The number of benzene rings is 1. The Morgan fingerprint density at radius 3 is 2.70 bits per heavy atom. The maximum atomic E-state index is 13.2. The summed E-state index contributed by atoms with van der Waals surface area (Å²) >= 11 is 0. The molecule has 1 aliphatic heterocycles. The van der Waals surface area contributed by atoms with E-state index in [0.717, 1.165) is 29.8 Å². The molecular weight excluding hydrogens is 367 g/mol. The van der Waals surface area contributed by atoms with E-state index in [1.165, 1.54) is 28.8 Å². The van der Waals surface area contributed by atoms with Crippen LogP contribution < -0.4 is 0 Å². The van der Waals surface area contributed by atoms with Crippen LogP contribution in [0.4, 0.5) is 4.39 Å². The van der Waals surface area contributed by atoms with Gasteiger partial charge < -0.3 is 0 Å². The SMILES string of the molecule is O=S(=O)(c1cn[nH]c1)N1CCC[C@H](c2cccc(-c3ccc(F)cc3)n2)C1. The molecule has 0 aliphatic carbocycles. The molecular formula is C19H19FN4O2S. The molecule has 3 heterocycles. The number of nitrogens with zero attached hydrogens (tertiary/aromatic N) is 3. The quantitative estimate of drug-likeness (QED) is 0.747. The van der Waals surface area contributed by atoms with Gasteiger partial charge in [-0.15, -0.1) is 0 Å². The van der Waals surface area contributed by atoms with Gasteiger partial charge in [0.15, 0.2) is 0 Å². The molecule has 0 spiro atoms. The van der Waals surface area contributed by atoms with Crippen molar-refractivity contribution in [2.24, 2.45) is 0 Å². The molecule has 0 saturated carbocycles. The topological polar surface area (TPSA) is 79.0 Å². The van der Waals surface area contributed by atoms with Crippen LogP contribution in [-0.4, -0.2) is 41.0 Å². The lowest BCUT2D eigenvalue weighted by atomic mass is 9.95. The first kappa shape index (κ1) is 17.8. The Balaban J connectivity index is 1.58. The molecule has 4 rings (SSSR count). The Morgan fingerprint density at radius 2 is 1.96 bits per heavy atom. The number of sulfonamides is 1. The fourth-order valence-electron chi connectivity index (χ4n) is 3.39. The maximum absolute atomic E-state index is 13.2. The van der Waals surface area contributed by atoms with Crippen molar-refractivity contribution >= 4 is 10.0 Å². The Hall–Kier alpha value is -2.58. The van der Waals surface area contributed by atoms with E-state index in [0.29, 0.717) is 13.1 Å². The zero-order valence-electron chi connectivity index (χ0n) is 14.5. The summed E-state index contributed by atoms with van der Waals surface area (Å²) in [6, 6.07) is 11.9. The highest BCUT2D eigenvalue weighted by Crippen LogP contribution is 2.30. The van der Waals surface area contributed by atoms with Crippen LogP contribution in [0.5, 0.6) is 0 Å². The van der Waals surface area contributed by atoms with E-state index >= 15 is 0 Å². The highest BCUT2D eigenvalue weighted by atomic mass is 32.2. The molecule has 3 aromatic rings. The van der Waals surface area contributed by atoms with Crippen molar-refractivity contribution in [2.45, 2.75) is 23.7 Å². The molecule has 0 amide bonds. The second kappa shape index (κ2) is 7.21. The standard InChI is InChI=1S/C19H19FN4O2S/c20-16-8-6-14(7-9-16)18-4-1-5-19(23-18)15-3-2-10-24(13-15)27(25,26)17-11-21-22-12-17/h1,4-9,11-12,15H,2-3,10,13H2,(H,21,22)/t15-/m0/s1. The van der Waals surface area contributed by atoms with Gasteiger partial charge in [-0.25, -0.2) is 12.8 Å². The summed E-state index contributed by atoms with van der Waals surface area (Å²) in [5.41, 5.74) is 2.43. The van der Waals surface area contributed by atoms with Crippen LogP contribution in [-0.2, 0) is 10.0 Å². The summed E-state index contributed by atoms with van der Waals surface area (Å²) in [5.74, 6) is -0.275. The number of rotatable bonds is 4. The van der Waals surface area contributed by atoms with Gasteiger partial charge in [-0.3, -0.25) is 10.1 Å². The first-order valence-electron chi connectivity index (χ1n) is 8.76. The Bertz CT molecular complexity index is 1020. The summed E-state index contributed by atoms with van der Waals surface area (Å²) in [6.07, 6.45) is 4.36. The van der Waals surface area contributed by atoms with Gasteiger partial charge in [-0.1, -0.05) is 6.07 Å². The molecule has 6 nitrogen and oxygen atoms in total. The lowest BCUT2D eigenvalue weighted by Crippen LogP contribution is -2.39. The molecule has 1 N–H and O–H groups in total. The van der Waals surface area contributed by atoms with E-state index in [-0.39, 0.29) is 16.6 Å². The molecule has 1 saturated heterocycles. The number of H-pyrrole nitrogens is 1. The summed E-state index contributed by atoms with van der Waals surface area (Å²) in [5, 5.41) is 6.29. The van der Waals surface area contributed by atoms with Gasteiger partial charge in [0, 0.05) is 36.5 Å². The number of halogens is 1. The Morgan fingerprint density at radius 1 is 1.15 bits per heavy atom. The van der Waals surface area contributed by atoms with E-state index in [2.05, 4.69) is 10.2 Å². The first-order valence-corrected chi connectivity index (χ1v) is 10.2. The highest BCUT2D eigenvalue weighted by Gasteiger charge is 2.32. The van der Waals surface area contributed by atoms with E-state index in [1.54, 1.807) is 12.1 Å². The largest absolute Gasteiger partial charge is 0.284 e. The molecule has 27 heavy (non-hydrogen) atoms. The van der Waals surface area contributed by atoms with Gasteiger partial charge in [0.2, 0.25) is 10.0 Å². The molecule has 8 heteroatoms. The summed E-state index contributed by atoms with van der Waals surface area (Å²) < 4.78 is 40.2. The van der Waals surface area contributed by atoms with Crippen molar-refractivity contribution in [1.29, 1.82) is 0 Å². The van der Waals surface area contributed by atoms with Crippen molar-refractivity contribution < 1.29 is 12.8 Å². The molecule has 1 fully saturated rings. The summed E-state index contributed by atoms with van der Waals surface area (Å²) in [4.78, 5) is 4.89.